The highest BCUT2D eigenvalue weighted by Crippen LogP contribution is 2.16. The monoisotopic (exact) mass is 450 g/mol. The number of hydrogen-bond donors (Lipinski definition) is 0. The molecule has 0 saturated carbocycles. The number of hydrogen-bond acceptors (Lipinski definition) is 4. The first-order valence-corrected chi connectivity index (χ1v) is 11.2. The second-order valence-electron chi connectivity index (χ2n) is 7.12. The molecule has 2 rings (SSSR count). The van der Waals surface area contributed by atoms with E-state index in [9.17, 15) is 9.59 Å². The molecule has 0 aliphatic heterocycles. The summed E-state index contributed by atoms with van der Waals surface area (Å²) in [7, 11) is 0. The molecular weight excluding hydrogens is 423 g/mol. The van der Waals surface area contributed by atoms with E-state index in [4.69, 9.17) is 32.7 Å². The van der Waals surface area contributed by atoms with Crippen LogP contribution in [0.1, 0.15) is 72.1 Å². The van der Waals surface area contributed by atoms with Gasteiger partial charge in [-0.05, 0) is 84.6 Å². The van der Waals surface area contributed by atoms with Crippen LogP contribution in [0.4, 0.5) is 0 Å². The summed E-state index contributed by atoms with van der Waals surface area (Å²) in [4.78, 5) is 22.0. The third-order valence-corrected chi connectivity index (χ3v) is 5.18. The first kappa shape index (κ1) is 24.2. The highest BCUT2D eigenvalue weighted by atomic mass is 35.5. The van der Waals surface area contributed by atoms with Gasteiger partial charge >= 0.3 is 0 Å². The number of halogens is 2. The third kappa shape index (κ3) is 9.64. The summed E-state index contributed by atoms with van der Waals surface area (Å²) in [5, 5.41) is -0.907. The maximum absolute atomic E-state index is 11.0. The van der Waals surface area contributed by atoms with Crippen molar-refractivity contribution in [3.8, 4) is 11.5 Å². The Morgan fingerprint density at radius 1 is 0.533 bits per heavy atom. The summed E-state index contributed by atoms with van der Waals surface area (Å²) < 4.78 is 11.4. The zero-order valence-electron chi connectivity index (χ0n) is 17.1. The second kappa shape index (κ2) is 14.1. The summed E-state index contributed by atoms with van der Waals surface area (Å²) in [6.45, 7) is 1.37. The molecule has 0 heterocycles. The fraction of sp³-hybridized carbons (Fsp3) is 0.417. The summed E-state index contributed by atoms with van der Waals surface area (Å²) >= 11 is 10.8. The van der Waals surface area contributed by atoms with Crippen molar-refractivity contribution in [3.05, 3.63) is 59.7 Å². The van der Waals surface area contributed by atoms with Gasteiger partial charge in [0, 0.05) is 11.1 Å². The summed E-state index contributed by atoms with van der Waals surface area (Å²) in [5.74, 6) is 1.53. The van der Waals surface area contributed by atoms with Crippen molar-refractivity contribution in [1.29, 1.82) is 0 Å². The van der Waals surface area contributed by atoms with Gasteiger partial charge in [-0.25, -0.2) is 0 Å². The molecule has 0 amide bonds. The van der Waals surface area contributed by atoms with E-state index in [0.29, 0.717) is 24.3 Å². The normalized spacial score (nSPS) is 10.6. The zero-order valence-corrected chi connectivity index (χ0v) is 18.6. The Bertz CT molecular complexity index is 705. The van der Waals surface area contributed by atoms with Gasteiger partial charge in [0.05, 0.1) is 13.2 Å². The van der Waals surface area contributed by atoms with Crippen molar-refractivity contribution >= 4 is 33.7 Å². The van der Waals surface area contributed by atoms with E-state index < -0.39 is 10.5 Å². The quantitative estimate of drug-likeness (QED) is 0.216. The highest BCUT2D eigenvalue weighted by molar-refractivity contribution is 6.68. The molecule has 0 bridgehead atoms. The van der Waals surface area contributed by atoms with Crippen LogP contribution in [0.5, 0.6) is 11.5 Å². The van der Waals surface area contributed by atoms with E-state index in [0.717, 1.165) is 37.2 Å². The van der Waals surface area contributed by atoms with E-state index in [1.807, 2.05) is 0 Å². The van der Waals surface area contributed by atoms with Crippen LogP contribution in [-0.2, 0) is 0 Å². The van der Waals surface area contributed by atoms with E-state index >= 15 is 0 Å². The van der Waals surface area contributed by atoms with Gasteiger partial charge in [-0.1, -0.05) is 38.5 Å². The summed E-state index contributed by atoms with van der Waals surface area (Å²) in [6.07, 6.45) is 9.26. The van der Waals surface area contributed by atoms with Gasteiger partial charge in [0.15, 0.2) is 0 Å². The Labute approximate surface area is 188 Å². The number of ether oxygens (including phenoxy) is 2. The molecule has 2 aromatic rings. The van der Waals surface area contributed by atoms with Crippen molar-refractivity contribution < 1.29 is 19.1 Å². The van der Waals surface area contributed by atoms with E-state index in [-0.39, 0.29) is 0 Å². The predicted octanol–water partition coefficient (Wildman–Crippen LogP) is 7.02. The minimum Gasteiger partial charge on any atom is -0.494 e. The van der Waals surface area contributed by atoms with Crippen LogP contribution in [0, 0.1) is 0 Å². The van der Waals surface area contributed by atoms with Crippen LogP contribution >= 0.6 is 23.2 Å². The minimum absolute atomic E-state index is 0.454. The Balaban J connectivity index is 1.39. The van der Waals surface area contributed by atoms with E-state index in [1.165, 1.54) is 25.7 Å². The lowest BCUT2D eigenvalue weighted by molar-refractivity contribution is 0.107. The third-order valence-electron chi connectivity index (χ3n) is 4.74. The fourth-order valence-corrected chi connectivity index (χ4v) is 3.26. The largest absolute Gasteiger partial charge is 0.494 e. The van der Waals surface area contributed by atoms with Crippen molar-refractivity contribution in [2.45, 2.75) is 51.4 Å². The van der Waals surface area contributed by atoms with Gasteiger partial charge in [-0.3, -0.25) is 9.59 Å². The van der Waals surface area contributed by atoms with Crippen LogP contribution in [0.25, 0.3) is 0 Å². The number of rotatable bonds is 15. The maximum Gasteiger partial charge on any atom is 0.252 e. The Morgan fingerprint density at radius 3 is 1.13 bits per heavy atom. The van der Waals surface area contributed by atoms with Crippen LogP contribution in [0.15, 0.2) is 48.5 Å². The SMILES string of the molecule is O=C(Cl)c1ccc(OCCCCCCCCCCOc2ccc(C(=O)Cl)cc2)cc1. The van der Waals surface area contributed by atoms with Gasteiger partial charge in [0.1, 0.15) is 11.5 Å². The van der Waals surface area contributed by atoms with Gasteiger partial charge in [-0.15, -0.1) is 0 Å². The van der Waals surface area contributed by atoms with Crippen molar-refractivity contribution in [3.63, 3.8) is 0 Å². The zero-order chi connectivity index (χ0) is 21.6. The van der Waals surface area contributed by atoms with Gasteiger partial charge in [-0.2, -0.15) is 0 Å². The molecule has 0 aliphatic rings. The van der Waals surface area contributed by atoms with Gasteiger partial charge in [0.25, 0.3) is 10.5 Å². The lowest BCUT2D eigenvalue weighted by Gasteiger charge is -2.07. The molecule has 6 heteroatoms. The van der Waals surface area contributed by atoms with Gasteiger partial charge in [0.2, 0.25) is 0 Å². The molecule has 162 valence electrons. The molecule has 0 unspecified atom stereocenters. The lowest BCUT2D eigenvalue weighted by atomic mass is 10.1. The average Bonchev–Trinajstić information content (AvgIpc) is 2.75. The molecule has 0 saturated heterocycles. The van der Waals surface area contributed by atoms with E-state index in [1.54, 1.807) is 48.5 Å². The number of carbonyl (C=O) groups is 2. The number of benzene rings is 2. The molecule has 30 heavy (non-hydrogen) atoms. The topological polar surface area (TPSA) is 52.6 Å². The molecule has 0 aromatic heterocycles. The van der Waals surface area contributed by atoms with Crippen LogP contribution < -0.4 is 9.47 Å². The van der Waals surface area contributed by atoms with Crippen molar-refractivity contribution in [1.82, 2.24) is 0 Å². The summed E-state index contributed by atoms with van der Waals surface area (Å²) in [6, 6.07) is 13.8. The van der Waals surface area contributed by atoms with Crippen LogP contribution in [0.3, 0.4) is 0 Å². The maximum atomic E-state index is 11.0. The first-order valence-electron chi connectivity index (χ1n) is 10.4. The van der Waals surface area contributed by atoms with Crippen LogP contribution in [-0.4, -0.2) is 23.7 Å². The fourth-order valence-electron chi connectivity index (χ4n) is 3.01. The second-order valence-corrected chi connectivity index (χ2v) is 7.81. The van der Waals surface area contributed by atoms with Crippen molar-refractivity contribution in [2.75, 3.05) is 13.2 Å². The molecule has 4 nitrogen and oxygen atoms in total. The summed E-state index contributed by atoms with van der Waals surface area (Å²) in [5.41, 5.74) is 0.961. The van der Waals surface area contributed by atoms with Gasteiger partial charge < -0.3 is 9.47 Å². The van der Waals surface area contributed by atoms with Crippen molar-refractivity contribution in [2.24, 2.45) is 0 Å². The molecule has 0 N–H and O–H groups in total. The minimum atomic E-state index is -0.454. The Kier molecular flexibility index (Phi) is 11.3. The Morgan fingerprint density at radius 2 is 0.833 bits per heavy atom. The smallest absolute Gasteiger partial charge is 0.252 e. The lowest BCUT2D eigenvalue weighted by Crippen LogP contribution is -1.98. The predicted molar refractivity (Wildman–Crippen MR) is 121 cm³/mol. The molecule has 2 aromatic carbocycles. The Hall–Kier alpha value is -2.04. The van der Waals surface area contributed by atoms with E-state index in [2.05, 4.69) is 0 Å². The number of unbranched alkanes of at least 4 members (excludes halogenated alkanes) is 7. The molecule has 0 radical (unpaired) electrons. The highest BCUT2D eigenvalue weighted by Gasteiger charge is 2.02. The molecule has 0 atom stereocenters. The molecule has 0 aliphatic carbocycles. The average molecular weight is 451 g/mol. The van der Waals surface area contributed by atoms with Crippen LogP contribution in [0.2, 0.25) is 0 Å². The molecule has 0 spiro atoms. The number of carbonyl (C=O) groups excluding carboxylic acids is 2. The molecule has 0 fully saturated rings. The molecular formula is C24H28Cl2O4. The first-order chi connectivity index (χ1) is 14.6. The standard InChI is InChI=1S/C24H28Cl2O4/c25-23(27)19-9-13-21(14-10-19)29-17-7-5-3-1-2-4-6-8-18-30-22-15-11-20(12-16-22)24(26)28/h9-16H,1-8,17-18H2.